The number of carbonyl (C=O) groups excluding carboxylic acids is 1. The third kappa shape index (κ3) is 31.2. The second-order valence-electron chi connectivity index (χ2n) is 8.02. The molecule has 0 N–H and O–H groups in total. The lowest BCUT2D eigenvalue weighted by Crippen LogP contribution is -2.15. The highest BCUT2D eigenvalue weighted by molar-refractivity contribution is 5.69. The van der Waals surface area contributed by atoms with E-state index in [1.54, 1.807) is 0 Å². The van der Waals surface area contributed by atoms with Crippen LogP contribution in [0.3, 0.4) is 0 Å². The first-order chi connectivity index (χ1) is 17.3. The molecule has 0 aromatic heterocycles. The minimum Gasteiger partial charge on any atom is -0.463 e. The van der Waals surface area contributed by atoms with Gasteiger partial charge in [0.05, 0.1) is 85.9 Å². The van der Waals surface area contributed by atoms with Gasteiger partial charge in [-0.05, 0) is 12.8 Å². The number of ether oxygens (including phenoxy) is 8. The van der Waals surface area contributed by atoms with Crippen LogP contribution < -0.4 is 0 Å². The molecule has 0 spiro atoms. The Labute approximate surface area is 213 Å². The zero-order valence-corrected chi connectivity index (χ0v) is 22.4. The average Bonchev–Trinajstić information content (AvgIpc) is 2.86. The summed E-state index contributed by atoms with van der Waals surface area (Å²) in [6.07, 6.45) is 8.43. The summed E-state index contributed by atoms with van der Waals surface area (Å²) in [7, 11) is 0. The maximum atomic E-state index is 11.4. The topological polar surface area (TPSA) is 90.9 Å². The van der Waals surface area contributed by atoms with Crippen LogP contribution in [0, 0.1) is 0 Å². The Bertz CT molecular complexity index is 410. The van der Waals surface area contributed by atoms with Gasteiger partial charge in [-0.2, -0.15) is 0 Å². The van der Waals surface area contributed by atoms with Crippen LogP contribution in [0.5, 0.6) is 0 Å². The molecule has 0 aliphatic carbocycles. The number of carbonyl (C=O) groups is 1. The monoisotopic (exact) mass is 508 g/mol. The molecule has 0 saturated heterocycles. The van der Waals surface area contributed by atoms with E-state index in [0.29, 0.717) is 98.9 Å². The second kappa shape index (κ2) is 31.2. The van der Waals surface area contributed by atoms with Gasteiger partial charge in [0.25, 0.3) is 0 Å². The van der Waals surface area contributed by atoms with Crippen LogP contribution in [-0.4, -0.2) is 105 Å². The van der Waals surface area contributed by atoms with Gasteiger partial charge in [-0.15, -0.1) is 0 Å². The maximum absolute atomic E-state index is 11.4. The summed E-state index contributed by atoms with van der Waals surface area (Å²) in [5.41, 5.74) is 0. The zero-order chi connectivity index (χ0) is 25.5. The van der Waals surface area contributed by atoms with Gasteiger partial charge < -0.3 is 37.9 Å². The van der Waals surface area contributed by atoms with E-state index >= 15 is 0 Å². The van der Waals surface area contributed by atoms with Crippen LogP contribution >= 0.6 is 0 Å². The van der Waals surface area contributed by atoms with E-state index in [0.717, 1.165) is 32.3 Å². The van der Waals surface area contributed by atoms with Gasteiger partial charge in [0, 0.05) is 13.0 Å². The first kappa shape index (κ1) is 34.2. The predicted molar refractivity (Wildman–Crippen MR) is 135 cm³/mol. The second-order valence-corrected chi connectivity index (χ2v) is 8.02. The summed E-state index contributed by atoms with van der Waals surface area (Å²) < 4.78 is 43.2. The lowest BCUT2D eigenvalue weighted by Gasteiger charge is -2.08. The summed E-state index contributed by atoms with van der Waals surface area (Å²) in [6, 6.07) is 0. The molecule has 0 radical (unpaired) electrons. The highest BCUT2D eigenvalue weighted by atomic mass is 16.6. The number of hydrogen-bond donors (Lipinski definition) is 0. The Balaban J connectivity index is 3.06. The Kier molecular flexibility index (Phi) is 30.5. The van der Waals surface area contributed by atoms with Gasteiger partial charge in [-0.1, -0.05) is 46.0 Å². The smallest absolute Gasteiger partial charge is 0.305 e. The van der Waals surface area contributed by atoms with Crippen LogP contribution in [0.4, 0.5) is 0 Å². The van der Waals surface area contributed by atoms with Crippen molar-refractivity contribution in [1.82, 2.24) is 0 Å². The molecule has 0 heterocycles. The lowest BCUT2D eigenvalue weighted by atomic mass is 10.2. The molecule has 0 bridgehead atoms. The highest BCUT2D eigenvalue weighted by Gasteiger charge is 2.01. The number of hydrogen-bond acceptors (Lipinski definition) is 9. The lowest BCUT2D eigenvalue weighted by molar-refractivity contribution is -0.145. The molecule has 0 aliphatic heterocycles. The third-order valence-electron chi connectivity index (χ3n) is 4.85. The Morgan fingerprint density at radius 3 is 1.14 bits per heavy atom. The maximum Gasteiger partial charge on any atom is 0.305 e. The first-order valence-electron chi connectivity index (χ1n) is 13.5. The van der Waals surface area contributed by atoms with Crippen molar-refractivity contribution in [2.75, 3.05) is 99.1 Å². The van der Waals surface area contributed by atoms with E-state index in [1.165, 1.54) is 19.3 Å². The summed E-state index contributed by atoms with van der Waals surface area (Å²) in [4.78, 5) is 11.4. The van der Waals surface area contributed by atoms with Crippen molar-refractivity contribution in [2.24, 2.45) is 0 Å². The fraction of sp³-hybridized carbons (Fsp3) is 0.962. The van der Waals surface area contributed by atoms with E-state index in [2.05, 4.69) is 13.8 Å². The molecule has 0 fully saturated rings. The normalized spacial score (nSPS) is 11.3. The van der Waals surface area contributed by atoms with Crippen LogP contribution in [0.2, 0.25) is 0 Å². The standard InChI is InChI=1S/C26H52O9/c1-3-5-7-9-11-28-12-13-29-14-15-30-16-17-31-18-19-32-20-21-33-22-23-34-24-25-35-26(27)10-8-6-4-2/h3-25H2,1-2H3. The fourth-order valence-corrected chi connectivity index (χ4v) is 2.86. The van der Waals surface area contributed by atoms with Gasteiger partial charge in [-0.3, -0.25) is 4.79 Å². The van der Waals surface area contributed by atoms with Crippen LogP contribution in [0.25, 0.3) is 0 Å². The molecule has 0 rings (SSSR count). The van der Waals surface area contributed by atoms with Crippen molar-refractivity contribution in [2.45, 2.75) is 65.2 Å². The number of rotatable bonds is 30. The van der Waals surface area contributed by atoms with E-state index in [9.17, 15) is 4.79 Å². The SMILES string of the molecule is CCCCCCOCCOCCOCCOCCOCCOCCOCCOC(=O)CCCCC. The molecule has 0 aliphatic rings. The first-order valence-corrected chi connectivity index (χ1v) is 13.5. The number of unbranched alkanes of at least 4 members (excludes halogenated alkanes) is 5. The minimum atomic E-state index is -0.151. The highest BCUT2D eigenvalue weighted by Crippen LogP contribution is 2.00. The van der Waals surface area contributed by atoms with Crippen LogP contribution in [-0.2, 0) is 42.7 Å². The van der Waals surface area contributed by atoms with Gasteiger partial charge in [0.2, 0.25) is 0 Å². The fourth-order valence-electron chi connectivity index (χ4n) is 2.86. The van der Waals surface area contributed by atoms with Crippen molar-refractivity contribution in [1.29, 1.82) is 0 Å². The van der Waals surface area contributed by atoms with Crippen molar-refractivity contribution < 1.29 is 42.7 Å². The van der Waals surface area contributed by atoms with E-state index in [4.69, 9.17) is 37.9 Å². The van der Waals surface area contributed by atoms with Gasteiger partial charge in [0.15, 0.2) is 0 Å². The number of esters is 1. The Morgan fingerprint density at radius 1 is 0.400 bits per heavy atom. The molecule has 0 aromatic rings. The predicted octanol–water partition coefficient (Wildman–Crippen LogP) is 3.81. The van der Waals surface area contributed by atoms with Crippen molar-refractivity contribution in [3.8, 4) is 0 Å². The van der Waals surface area contributed by atoms with Crippen LogP contribution in [0.1, 0.15) is 65.2 Å². The van der Waals surface area contributed by atoms with Crippen molar-refractivity contribution >= 4 is 5.97 Å². The Morgan fingerprint density at radius 2 is 0.743 bits per heavy atom. The summed E-state index contributed by atoms with van der Waals surface area (Å²) in [6.45, 7) is 12.3. The molecular weight excluding hydrogens is 456 g/mol. The molecule has 210 valence electrons. The largest absolute Gasteiger partial charge is 0.463 e. The molecule has 9 heteroatoms. The molecule has 0 unspecified atom stereocenters. The minimum absolute atomic E-state index is 0.151. The molecule has 0 saturated carbocycles. The zero-order valence-electron chi connectivity index (χ0n) is 22.4. The third-order valence-corrected chi connectivity index (χ3v) is 4.85. The summed E-state index contributed by atoms with van der Waals surface area (Å²) in [5, 5.41) is 0. The summed E-state index contributed by atoms with van der Waals surface area (Å²) in [5.74, 6) is -0.151. The van der Waals surface area contributed by atoms with Gasteiger partial charge in [-0.25, -0.2) is 0 Å². The van der Waals surface area contributed by atoms with Crippen LogP contribution in [0.15, 0.2) is 0 Å². The van der Waals surface area contributed by atoms with E-state index < -0.39 is 0 Å². The van der Waals surface area contributed by atoms with E-state index in [-0.39, 0.29) is 5.97 Å². The molecule has 0 atom stereocenters. The molecule has 35 heavy (non-hydrogen) atoms. The average molecular weight is 509 g/mol. The van der Waals surface area contributed by atoms with Crippen molar-refractivity contribution in [3.05, 3.63) is 0 Å². The molecule has 0 amide bonds. The van der Waals surface area contributed by atoms with E-state index in [1.807, 2.05) is 0 Å². The molecule has 0 aromatic carbocycles. The Hall–Kier alpha value is -0.810. The molecule has 9 nitrogen and oxygen atoms in total. The van der Waals surface area contributed by atoms with Gasteiger partial charge >= 0.3 is 5.97 Å². The summed E-state index contributed by atoms with van der Waals surface area (Å²) >= 11 is 0. The van der Waals surface area contributed by atoms with Crippen molar-refractivity contribution in [3.63, 3.8) is 0 Å². The molecular formula is C26H52O9. The quantitative estimate of drug-likeness (QED) is 0.106. The van der Waals surface area contributed by atoms with Gasteiger partial charge in [0.1, 0.15) is 6.61 Å².